The first-order valence-corrected chi connectivity index (χ1v) is 5.66. The molecule has 0 saturated heterocycles. The monoisotopic (exact) mass is 241 g/mol. The van der Waals surface area contributed by atoms with Crippen LogP contribution in [0.3, 0.4) is 0 Å². The lowest BCUT2D eigenvalue weighted by atomic mass is 10.1. The molecule has 0 saturated carbocycles. The summed E-state index contributed by atoms with van der Waals surface area (Å²) in [5.41, 5.74) is 8.93. The second kappa shape index (κ2) is 3.84. The molecule has 18 heavy (non-hydrogen) atoms. The fraction of sp³-hybridized carbons (Fsp3) is 0.0714. The smallest absolute Gasteiger partial charge is 0.175 e. The Balaban J connectivity index is 2.27. The van der Waals surface area contributed by atoms with E-state index < -0.39 is 0 Å². The highest BCUT2D eigenvalue weighted by Gasteiger charge is 2.13. The number of halogens is 1. The number of benzene rings is 1. The Kier molecular flexibility index (Phi) is 2.30. The standard InChI is InChI=1S/C14H12FN3/c1-9-4-6-10(7-5-9)12-13(16)18-8-2-3-11(15)14(18)17-12/h2-8H,16H2,1H3. The second-order valence-corrected chi connectivity index (χ2v) is 4.26. The lowest BCUT2D eigenvalue weighted by Crippen LogP contribution is -1.94. The van der Waals surface area contributed by atoms with Gasteiger partial charge in [-0.2, -0.15) is 0 Å². The third-order valence-corrected chi connectivity index (χ3v) is 2.96. The van der Waals surface area contributed by atoms with Crippen LogP contribution in [-0.2, 0) is 0 Å². The molecule has 3 rings (SSSR count). The Morgan fingerprint density at radius 1 is 1.17 bits per heavy atom. The van der Waals surface area contributed by atoms with Crippen molar-refractivity contribution in [2.75, 3.05) is 5.73 Å². The molecule has 2 heterocycles. The number of hydrogen-bond acceptors (Lipinski definition) is 2. The van der Waals surface area contributed by atoms with Crippen LogP contribution in [0, 0.1) is 12.7 Å². The average Bonchev–Trinajstić information content (AvgIpc) is 2.70. The number of aryl methyl sites for hydroxylation is 1. The molecule has 3 nitrogen and oxygen atoms in total. The first kappa shape index (κ1) is 10.8. The summed E-state index contributed by atoms with van der Waals surface area (Å²) in [5, 5.41) is 0. The minimum atomic E-state index is -0.373. The lowest BCUT2D eigenvalue weighted by molar-refractivity contribution is 0.630. The van der Waals surface area contributed by atoms with Gasteiger partial charge in [0.05, 0.1) is 0 Å². The Labute approximate surface area is 104 Å². The van der Waals surface area contributed by atoms with Crippen LogP contribution in [0.4, 0.5) is 10.2 Å². The lowest BCUT2D eigenvalue weighted by Gasteiger charge is -1.99. The normalized spacial score (nSPS) is 11.0. The molecule has 0 fully saturated rings. The predicted molar refractivity (Wildman–Crippen MR) is 69.7 cm³/mol. The average molecular weight is 241 g/mol. The zero-order valence-corrected chi connectivity index (χ0v) is 9.89. The van der Waals surface area contributed by atoms with Gasteiger partial charge in [0, 0.05) is 11.8 Å². The molecular weight excluding hydrogens is 229 g/mol. The van der Waals surface area contributed by atoms with Crippen molar-refractivity contribution in [1.82, 2.24) is 9.38 Å². The predicted octanol–water partition coefficient (Wildman–Crippen LogP) is 3.03. The number of nitrogen functional groups attached to an aromatic ring is 1. The number of anilines is 1. The van der Waals surface area contributed by atoms with Gasteiger partial charge in [-0.15, -0.1) is 0 Å². The maximum absolute atomic E-state index is 13.6. The Morgan fingerprint density at radius 3 is 2.56 bits per heavy atom. The summed E-state index contributed by atoms with van der Waals surface area (Å²) >= 11 is 0. The number of imidazole rings is 1. The van der Waals surface area contributed by atoms with Crippen LogP contribution in [0.1, 0.15) is 5.56 Å². The van der Waals surface area contributed by atoms with Crippen LogP contribution >= 0.6 is 0 Å². The molecule has 3 aromatic rings. The van der Waals surface area contributed by atoms with Crippen LogP contribution in [0.2, 0.25) is 0 Å². The molecule has 2 N–H and O–H groups in total. The fourth-order valence-corrected chi connectivity index (χ4v) is 1.98. The molecule has 0 unspecified atom stereocenters. The summed E-state index contributed by atoms with van der Waals surface area (Å²) in [4.78, 5) is 4.27. The van der Waals surface area contributed by atoms with Crippen LogP contribution in [-0.4, -0.2) is 9.38 Å². The first-order chi connectivity index (χ1) is 8.66. The number of aromatic nitrogens is 2. The molecule has 0 atom stereocenters. The van der Waals surface area contributed by atoms with Crippen molar-refractivity contribution in [2.24, 2.45) is 0 Å². The molecule has 0 amide bonds. The Bertz CT molecular complexity index is 714. The molecular formula is C14H12FN3. The highest BCUT2D eigenvalue weighted by molar-refractivity contribution is 5.75. The number of fused-ring (bicyclic) bond motifs is 1. The van der Waals surface area contributed by atoms with Gasteiger partial charge in [0.15, 0.2) is 11.5 Å². The van der Waals surface area contributed by atoms with Crippen LogP contribution in [0.25, 0.3) is 16.9 Å². The number of rotatable bonds is 1. The molecule has 4 heteroatoms. The number of pyridine rings is 1. The molecule has 0 spiro atoms. The first-order valence-electron chi connectivity index (χ1n) is 5.66. The summed E-state index contributed by atoms with van der Waals surface area (Å²) in [7, 11) is 0. The maximum Gasteiger partial charge on any atom is 0.175 e. The highest BCUT2D eigenvalue weighted by atomic mass is 19.1. The van der Waals surface area contributed by atoms with Gasteiger partial charge in [0.25, 0.3) is 0 Å². The van der Waals surface area contributed by atoms with Gasteiger partial charge in [-0.25, -0.2) is 9.37 Å². The van der Waals surface area contributed by atoms with Gasteiger partial charge in [0.2, 0.25) is 0 Å². The van der Waals surface area contributed by atoms with Crippen LogP contribution < -0.4 is 5.73 Å². The molecule has 0 aliphatic rings. The van der Waals surface area contributed by atoms with E-state index in [2.05, 4.69) is 4.98 Å². The third kappa shape index (κ3) is 1.54. The van der Waals surface area contributed by atoms with Crippen molar-refractivity contribution in [3.63, 3.8) is 0 Å². The summed E-state index contributed by atoms with van der Waals surface area (Å²) in [5.74, 6) is 0.0796. The van der Waals surface area contributed by atoms with E-state index in [9.17, 15) is 4.39 Å². The van der Waals surface area contributed by atoms with E-state index in [0.29, 0.717) is 11.5 Å². The maximum atomic E-state index is 13.6. The van der Waals surface area contributed by atoms with Gasteiger partial charge >= 0.3 is 0 Å². The summed E-state index contributed by atoms with van der Waals surface area (Å²) < 4.78 is 15.2. The largest absolute Gasteiger partial charge is 0.383 e. The van der Waals surface area contributed by atoms with Crippen molar-refractivity contribution in [2.45, 2.75) is 6.92 Å². The van der Waals surface area contributed by atoms with Crippen LogP contribution in [0.5, 0.6) is 0 Å². The zero-order chi connectivity index (χ0) is 12.7. The van der Waals surface area contributed by atoms with Gasteiger partial charge in [-0.1, -0.05) is 29.8 Å². The summed E-state index contributed by atoms with van der Waals surface area (Å²) in [6.07, 6.45) is 1.71. The quantitative estimate of drug-likeness (QED) is 0.711. The number of nitrogens with two attached hydrogens (primary N) is 1. The Hall–Kier alpha value is -2.36. The summed E-state index contributed by atoms with van der Waals surface area (Å²) in [6, 6.07) is 10.8. The molecule has 0 aliphatic carbocycles. The summed E-state index contributed by atoms with van der Waals surface area (Å²) in [6.45, 7) is 2.01. The molecule has 0 radical (unpaired) electrons. The van der Waals surface area contributed by atoms with E-state index >= 15 is 0 Å². The van der Waals surface area contributed by atoms with Gasteiger partial charge in [-0.05, 0) is 19.1 Å². The molecule has 2 aromatic heterocycles. The van der Waals surface area contributed by atoms with Crippen molar-refractivity contribution in [1.29, 1.82) is 0 Å². The van der Waals surface area contributed by atoms with E-state index in [-0.39, 0.29) is 11.5 Å². The molecule has 0 aliphatic heterocycles. The minimum absolute atomic E-state index is 0.255. The number of hydrogen-bond donors (Lipinski definition) is 1. The molecule has 1 aromatic carbocycles. The van der Waals surface area contributed by atoms with E-state index in [4.69, 9.17) is 5.73 Å². The van der Waals surface area contributed by atoms with Crippen molar-refractivity contribution >= 4 is 11.5 Å². The Morgan fingerprint density at radius 2 is 1.89 bits per heavy atom. The SMILES string of the molecule is Cc1ccc(-c2nc3c(F)cccn3c2N)cc1. The van der Waals surface area contributed by atoms with Crippen molar-refractivity contribution in [3.05, 3.63) is 54.0 Å². The molecule has 90 valence electrons. The molecule has 0 bridgehead atoms. The van der Waals surface area contributed by atoms with Crippen molar-refractivity contribution < 1.29 is 4.39 Å². The zero-order valence-electron chi connectivity index (χ0n) is 9.89. The van der Waals surface area contributed by atoms with Crippen LogP contribution in [0.15, 0.2) is 42.6 Å². The second-order valence-electron chi connectivity index (χ2n) is 4.26. The topological polar surface area (TPSA) is 43.3 Å². The van der Waals surface area contributed by atoms with Gasteiger partial charge in [0.1, 0.15) is 11.5 Å². The van der Waals surface area contributed by atoms with E-state index in [0.717, 1.165) is 11.1 Å². The third-order valence-electron chi connectivity index (χ3n) is 2.96. The minimum Gasteiger partial charge on any atom is -0.383 e. The fourth-order valence-electron chi connectivity index (χ4n) is 1.98. The van der Waals surface area contributed by atoms with E-state index in [1.54, 1.807) is 16.7 Å². The van der Waals surface area contributed by atoms with Gasteiger partial charge in [-0.3, -0.25) is 4.40 Å². The van der Waals surface area contributed by atoms with Crippen molar-refractivity contribution in [3.8, 4) is 11.3 Å². The highest BCUT2D eigenvalue weighted by Crippen LogP contribution is 2.27. The van der Waals surface area contributed by atoms with E-state index in [1.807, 2.05) is 31.2 Å². The van der Waals surface area contributed by atoms with E-state index in [1.165, 1.54) is 6.07 Å². The van der Waals surface area contributed by atoms with Gasteiger partial charge < -0.3 is 5.73 Å². The number of nitrogens with zero attached hydrogens (tertiary/aromatic N) is 2.